The smallest absolute Gasteiger partial charge is 0.00881 e. The van der Waals surface area contributed by atoms with Crippen LogP contribution in [0.3, 0.4) is 0 Å². The molecular weight excluding hydrogens is 218 g/mol. The Balaban J connectivity index is 2.21. The summed E-state index contributed by atoms with van der Waals surface area (Å²) < 4.78 is 0. The predicted octanol–water partition coefficient (Wildman–Crippen LogP) is 4.05. The Bertz CT molecular complexity index is 409. The summed E-state index contributed by atoms with van der Waals surface area (Å²) in [4.78, 5) is 0. The molecule has 1 aliphatic rings. The highest BCUT2D eigenvalue weighted by atomic mass is 14.9. The summed E-state index contributed by atoms with van der Waals surface area (Å²) in [6.45, 7) is 12.5. The molecule has 1 aliphatic carbocycles. The first-order chi connectivity index (χ1) is 8.33. The van der Waals surface area contributed by atoms with Gasteiger partial charge in [0.2, 0.25) is 0 Å². The van der Waals surface area contributed by atoms with Crippen LogP contribution in [0.1, 0.15) is 51.7 Å². The van der Waals surface area contributed by atoms with E-state index in [1.807, 2.05) is 0 Å². The number of rotatable bonds is 4. The molecule has 1 aromatic carbocycles. The van der Waals surface area contributed by atoms with E-state index in [0.29, 0.717) is 16.9 Å². The molecule has 0 heterocycles. The van der Waals surface area contributed by atoms with Crippen molar-refractivity contribution in [1.82, 2.24) is 5.32 Å². The first kappa shape index (κ1) is 13.6. The molecule has 100 valence electrons. The van der Waals surface area contributed by atoms with Crippen molar-refractivity contribution in [2.24, 2.45) is 5.41 Å². The van der Waals surface area contributed by atoms with Gasteiger partial charge in [-0.25, -0.2) is 0 Å². The fourth-order valence-electron chi connectivity index (χ4n) is 3.59. The summed E-state index contributed by atoms with van der Waals surface area (Å²) in [6.07, 6.45) is 2.59. The molecule has 18 heavy (non-hydrogen) atoms. The minimum Gasteiger partial charge on any atom is -0.314 e. The van der Waals surface area contributed by atoms with Crippen LogP contribution in [0, 0.1) is 12.3 Å². The van der Waals surface area contributed by atoms with Gasteiger partial charge in [0.25, 0.3) is 0 Å². The summed E-state index contributed by atoms with van der Waals surface area (Å²) in [5.41, 5.74) is 3.76. The van der Waals surface area contributed by atoms with Gasteiger partial charge < -0.3 is 5.32 Å². The molecule has 1 saturated carbocycles. The van der Waals surface area contributed by atoms with E-state index in [-0.39, 0.29) is 0 Å². The Labute approximate surface area is 112 Å². The maximum atomic E-state index is 3.64. The van der Waals surface area contributed by atoms with Crippen LogP contribution in [-0.2, 0) is 5.41 Å². The Hall–Kier alpha value is -0.820. The molecule has 0 radical (unpaired) electrons. The Morgan fingerprint density at radius 1 is 1.22 bits per heavy atom. The number of aryl methyl sites for hydroxylation is 1. The van der Waals surface area contributed by atoms with Crippen LogP contribution in [-0.4, -0.2) is 12.6 Å². The fourth-order valence-corrected chi connectivity index (χ4v) is 3.59. The van der Waals surface area contributed by atoms with Crippen molar-refractivity contribution in [3.05, 3.63) is 35.4 Å². The predicted molar refractivity (Wildman–Crippen MR) is 79.0 cm³/mol. The molecule has 0 atom stereocenters. The van der Waals surface area contributed by atoms with Crippen molar-refractivity contribution in [3.8, 4) is 0 Å². The molecule has 0 spiro atoms. The third-order valence-corrected chi connectivity index (χ3v) is 4.11. The van der Waals surface area contributed by atoms with Gasteiger partial charge in [0.05, 0.1) is 0 Å². The van der Waals surface area contributed by atoms with Crippen LogP contribution in [0.25, 0.3) is 0 Å². The summed E-state index contributed by atoms with van der Waals surface area (Å²) in [5, 5.41) is 3.64. The standard InChI is InChI=1S/C17H27N/c1-13(2)18-12-17(10-16(4,5)11-17)15-8-6-7-14(3)9-15/h6-9,13,18H,10-12H2,1-5H3. The van der Waals surface area contributed by atoms with E-state index >= 15 is 0 Å². The molecule has 0 aliphatic heterocycles. The number of nitrogens with one attached hydrogen (secondary N) is 1. The Kier molecular flexibility index (Phi) is 3.55. The maximum Gasteiger partial charge on any atom is 0.00881 e. The van der Waals surface area contributed by atoms with Crippen LogP contribution in [0.5, 0.6) is 0 Å². The van der Waals surface area contributed by atoms with Gasteiger partial charge in [0.1, 0.15) is 0 Å². The number of hydrogen-bond acceptors (Lipinski definition) is 1. The summed E-state index contributed by atoms with van der Waals surface area (Å²) in [5.74, 6) is 0. The molecule has 0 aromatic heterocycles. The van der Waals surface area contributed by atoms with Gasteiger partial charge in [-0.2, -0.15) is 0 Å². The molecule has 1 heteroatoms. The van der Waals surface area contributed by atoms with Crippen LogP contribution in [0.15, 0.2) is 24.3 Å². The zero-order valence-corrected chi connectivity index (χ0v) is 12.5. The third-order valence-electron chi connectivity index (χ3n) is 4.11. The van der Waals surface area contributed by atoms with Crippen molar-refractivity contribution < 1.29 is 0 Å². The minimum absolute atomic E-state index is 0.361. The van der Waals surface area contributed by atoms with Gasteiger partial charge in [-0.05, 0) is 30.7 Å². The van der Waals surface area contributed by atoms with E-state index in [1.165, 1.54) is 24.0 Å². The second-order valence-corrected chi connectivity index (χ2v) is 7.20. The van der Waals surface area contributed by atoms with E-state index in [4.69, 9.17) is 0 Å². The van der Waals surface area contributed by atoms with Gasteiger partial charge in [0.15, 0.2) is 0 Å². The van der Waals surface area contributed by atoms with Crippen LogP contribution in [0.2, 0.25) is 0 Å². The van der Waals surface area contributed by atoms with Crippen molar-refractivity contribution in [3.63, 3.8) is 0 Å². The first-order valence-corrected chi connectivity index (χ1v) is 7.14. The molecule has 1 aromatic rings. The lowest BCUT2D eigenvalue weighted by atomic mass is 9.52. The summed E-state index contributed by atoms with van der Waals surface area (Å²) in [6, 6.07) is 9.64. The first-order valence-electron chi connectivity index (χ1n) is 7.14. The average Bonchev–Trinajstić information content (AvgIpc) is 2.23. The molecule has 1 fully saturated rings. The number of hydrogen-bond donors (Lipinski definition) is 1. The fraction of sp³-hybridized carbons (Fsp3) is 0.647. The van der Waals surface area contributed by atoms with Gasteiger partial charge in [-0.1, -0.05) is 57.5 Å². The lowest BCUT2D eigenvalue weighted by molar-refractivity contribution is 0.0547. The Morgan fingerprint density at radius 3 is 2.39 bits per heavy atom. The van der Waals surface area contributed by atoms with Gasteiger partial charge >= 0.3 is 0 Å². The molecule has 0 amide bonds. The molecular formula is C17H27N. The highest BCUT2D eigenvalue weighted by molar-refractivity contribution is 5.34. The van der Waals surface area contributed by atoms with Crippen LogP contribution < -0.4 is 5.32 Å². The lowest BCUT2D eigenvalue weighted by Crippen LogP contribution is -2.53. The topological polar surface area (TPSA) is 12.0 Å². The maximum absolute atomic E-state index is 3.64. The third kappa shape index (κ3) is 2.77. The minimum atomic E-state index is 0.361. The molecule has 0 bridgehead atoms. The van der Waals surface area contributed by atoms with E-state index in [0.717, 1.165) is 6.54 Å². The highest BCUT2D eigenvalue weighted by Crippen LogP contribution is 2.55. The SMILES string of the molecule is Cc1cccc(C2(CNC(C)C)CC(C)(C)C2)c1. The molecule has 1 N–H and O–H groups in total. The Morgan fingerprint density at radius 2 is 1.89 bits per heavy atom. The normalized spacial score (nSPS) is 20.8. The largest absolute Gasteiger partial charge is 0.314 e. The quantitative estimate of drug-likeness (QED) is 0.844. The second kappa shape index (κ2) is 4.70. The molecule has 0 saturated heterocycles. The van der Waals surface area contributed by atoms with E-state index in [9.17, 15) is 0 Å². The van der Waals surface area contributed by atoms with Crippen LogP contribution in [0.4, 0.5) is 0 Å². The van der Waals surface area contributed by atoms with Gasteiger partial charge in [-0.15, -0.1) is 0 Å². The molecule has 0 unspecified atom stereocenters. The van der Waals surface area contributed by atoms with Crippen molar-refractivity contribution in [2.75, 3.05) is 6.54 Å². The van der Waals surface area contributed by atoms with E-state index in [1.54, 1.807) is 0 Å². The number of benzene rings is 1. The van der Waals surface area contributed by atoms with Crippen molar-refractivity contribution in [1.29, 1.82) is 0 Å². The average molecular weight is 245 g/mol. The zero-order chi connectivity index (χ0) is 13.4. The van der Waals surface area contributed by atoms with E-state index < -0.39 is 0 Å². The summed E-state index contributed by atoms with van der Waals surface area (Å²) in [7, 11) is 0. The lowest BCUT2D eigenvalue weighted by Gasteiger charge is -2.54. The van der Waals surface area contributed by atoms with E-state index in [2.05, 4.69) is 64.2 Å². The van der Waals surface area contributed by atoms with Gasteiger partial charge in [-0.3, -0.25) is 0 Å². The molecule has 2 rings (SSSR count). The monoisotopic (exact) mass is 245 g/mol. The highest BCUT2D eigenvalue weighted by Gasteiger charge is 2.49. The van der Waals surface area contributed by atoms with Crippen molar-refractivity contribution >= 4 is 0 Å². The summed E-state index contributed by atoms with van der Waals surface area (Å²) >= 11 is 0. The second-order valence-electron chi connectivity index (χ2n) is 7.20. The zero-order valence-electron chi connectivity index (χ0n) is 12.5. The van der Waals surface area contributed by atoms with Crippen molar-refractivity contribution in [2.45, 2.75) is 58.9 Å². The van der Waals surface area contributed by atoms with Gasteiger partial charge in [0, 0.05) is 18.0 Å². The molecule has 1 nitrogen and oxygen atoms in total. The van der Waals surface area contributed by atoms with Crippen LogP contribution >= 0.6 is 0 Å².